The Morgan fingerprint density at radius 2 is 2.17 bits per heavy atom. The second-order valence-corrected chi connectivity index (χ2v) is 3.00. The van der Waals surface area contributed by atoms with Gasteiger partial charge in [0.25, 0.3) is 0 Å². The highest BCUT2D eigenvalue weighted by molar-refractivity contribution is 5.51. The van der Waals surface area contributed by atoms with Gasteiger partial charge in [-0.3, -0.25) is 4.98 Å². The molecule has 0 aliphatic heterocycles. The summed E-state index contributed by atoms with van der Waals surface area (Å²) in [4.78, 5) is 5.92. The fraction of sp³-hybridized carbons (Fsp3) is 0.444. The summed E-state index contributed by atoms with van der Waals surface area (Å²) < 4.78 is 0. The van der Waals surface area contributed by atoms with Gasteiger partial charge in [0.2, 0.25) is 0 Å². The highest BCUT2D eigenvalue weighted by atomic mass is 16.3. The van der Waals surface area contributed by atoms with Crippen molar-refractivity contribution >= 4 is 5.69 Å². The molecule has 0 spiro atoms. The molecule has 66 valence electrons. The molecule has 12 heavy (non-hydrogen) atoms. The maximum Gasteiger partial charge on any atom is 0.0797 e. The molecule has 0 unspecified atom stereocenters. The molecule has 1 aromatic rings. The van der Waals surface area contributed by atoms with E-state index in [9.17, 15) is 5.11 Å². The molecule has 3 heteroatoms. The van der Waals surface area contributed by atoms with Gasteiger partial charge in [-0.25, -0.2) is 0 Å². The van der Waals surface area contributed by atoms with Gasteiger partial charge >= 0.3 is 0 Å². The molecule has 0 aromatic carbocycles. The van der Waals surface area contributed by atoms with E-state index in [-0.39, 0.29) is 0 Å². The summed E-state index contributed by atoms with van der Waals surface area (Å²) in [6, 6.07) is 1.89. The Labute approximate surface area is 72.7 Å². The Balaban J connectivity index is 3.09. The van der Waals surface area contributed by atoms with E-state index < -0.39 is 6.10 Å². The van der Waals surface area contributed by atoms with Crippen LogP contribution in [0.1, 0.15) is 18.6 Å². The first-order valence-corrected chi connectivity index (χ1v) is 3.92. The minimum Gasteiger partial charge on any atom is -0.389 e. The maximum atomic E-state index is 9.39. The van der Waals surface area contributed by atoms with Gasteiger partial charge in [0.05, 0.1) is 6.10 Å². The third-order valence-corrected chi connectivity index (χ3v) is 1.76. The van der Waals surface area contributed by atoms with Gasteiger partial charge in [-0.05, 0) is 13.0 Å². The van der Waals surface area contributed by atoms with Crippen LogP contribution in [-0.2, 0) is 0 Å². The molecule has 0 aliphatic rings. The Bertz CT molecular complexity index is 231. The number of nitrogens with zero attached hydrogens (tertiary/aromatic N) is 2. The molecule has 1 aromatic heterocycles. The Kier molecular flexibility index (Phi) is 2.65. The van der Waals surface area contributed by atoms with E-state index >= 15 is 0 Å². The van der Waals surface area contributed by atoms with Crippen molar-refractivity contribution in [3.8, 4) is 0 Å². The number of hydrogen-bond donors (Lipinski definition) is 1. The minimum absolute atomic E-state index is 0.462. The molecule has 0 bridgehead atoms. The van der Waals surface area contributed by atoms with E-state index in [1.807, 2.05) is 25.1 Å². The summed E-state index contributed by atoms with van der Waals surface area (Å²) in [6.45, 7) is 1.74. The van der Waals surface area contributed by atoms with Crippen molar-refractivity contribution in [2.75, 3.05) is 19.0 Å². The van der Waals surface area contributed by atoms with E-state index in [1.165, 1.54) is 0 Å². The molecule has 3 nitrogen and oxygen atoms in total. The number of aromatic nitrogens is 1. The van der Waals surface area contributed by atoms with Gasteiger partial charge in [0.1, 0.15) is 0 Å². The van der Waals surface area contributed by atoms with Crippen LogP contribution in [0.2, 0.25) is 0 Å². The van der Waals surface area contributed by atoms with Crippen LogP contribution in [0.4, 0.5) is 5.69 Å². The summed E-state index contributed by atoms with van der Waals surface area (Å²) >= 11 is 0. The van der Waals surface area contributed by atoms with Crippen LogP contribution in [0, 0.1) is 0 Å². The Morgan fingerprint density at radius 1 is 1.50 bits per heavy atom. The van der Waals surface area contributed by atoms with Crippen LogP contribution in [0.5, 0.6) is 0 Å². The van der Waals surface area contributed by atoms with Crippen LogP contribution in [0.3, 0.4) is 0 Å². The summed E-state index contributed by atoms with van der Waals surface area (Å²) in [6.07, 6.45) is 2.96. The van der Waals surface area contributed by atoms with E-state index in [1.54, 1.807) is 19.3 Å². The summed E-state index contributed by atoms with van der Waals surface area (Å²) in [5, 5.41) is 9.39. The van der Waals surface area contributed by atoms with Gasteiger partial charge in [-0.2, -0.15) is 0 Å². The molecular formula is C9H14N2O. The largest absolute Gasteiger partial charge is 0.389 e. The first-order chi connectivity index (χ1) is 5.63. The number of hydrogen-bond acceptors (Lipinski definition) is 3. The average molecular weight is 166 g/mol. The standard InChI is InChI=1S/C9H14N2O/c1-7(12)8-6-10-5-4-9(8)11(2)3/h4-7,12H,1-3H3/t7-/m0/s1. The molecule has 1 N–H and O–H groups in total. The number of rotatable bonds is 2. The molecule has 0 radical (unpaired) electrons. The van der Waals surface area contributed by atoms with E-state index in [4.69, 9.17) is 0 Å². The highest BCUT2D eigenvalue weighted by Crippen LogP contribution is 2.22. The molecule has 1 heterocycles. The van der Waals surface area contributed by atoms with E-state index in [2.05, 4.69) is 4.98 Å². The number of pyridine rings is 1. The van der Waals surface area contributed by atoms with Gasteiger partial charge in [-0.15, -0.1) is 0 Å². The Hall–Kier alpha value is -1.09. The molecule has 0 aliphatic carbocycles. The first-order valence-electron chi connectivity index (χ1n) is 3.92. The zero-order valence-corrected chi connectivity index (χ0v) is 7.65. The van der Waals surface area contributed by atoms with Crippen LogP contribution >= 0.6 is 0 Å². The maximum absolute atomic E-state index is 9.39. The third kappa shape index (κ3) is 1.74. The quantitative estimate of drug-likeness (QED) is 0.717. The fourth-order valence-corrected chi connectivity index (χ4v) is 1.13. The predicted molar refractivity (Wildman–Crippen MR) is 49.2 cm³/mol. The zero-order chi connectivity index (χ0) is 9.14. The molecule has 0 saturated carbocycles. The van der Waals surface area contributed by atoms with Crippen molar-refractivity contribution in [2.24, 2.45) is 0 Å². The van der Waals surface area contributed by atoms with Gasteiger partial charge in [0, 0.05) is 37.7 Å². The van der Waals surface area contributed by atoms with Crippen LogP contribution < -0.4 is 4.90 Å². The lowest BCUT2D eigenvalue weighted by Gasteiger charge is -2.17. The second kappa shape index (κ2) is 3.54. The van der Waals surface area contributed by atoms with Crippen molar-refractivity contribution < 1.29 is 5.11 Å². The number of anilines is 1. The summed E-state index contributed by atoms with van der Waals surface area (Å²) in [5.41, 5.74) is 1.88. The minimum atomic E-state index is -0.462. The van der Waals surface area contributed by atoms with Gasteiger partial charge in [0.15, 0.2) is 0 Å². The van der Waals surface area contributed by atoms with Gasteiger partial charge < -0.3 is 10.0 Å². The zero-order valence-electron chi connectivity index (χ0n) is 7.65. The topological polar surface area (TPSA) is 36.4 Å². The Morgan fingerprint density at radius 3 is 2.58 bits per heavy atom. The van der Waals surface area contributed by atoms with Crippen molar-refractivity contribution in [1.29, 1.82) is 0 Å². The average Bonchev–Trinajstić information content (AvgIpc) is 2.04. The smallest absolute Gasteiger partial charge is 0.0797 e. The van der Waals surface area contributed by atoms with Gasteiger partial charge in [-0.1, -0.05) is 0 Å². The summed E-state index contributed by atoms with van der Waals surface area (Å²) in [5.74, 6) is 0. The fourth-order valence-electron chi connectivity index (χ4n) is 1.13. The summed E-state index contributed by atoms with van der Waals surface area (Å²) in [7, 11) is 3.89. The first kappa shape index (κ1) is 9.00. The molecule has 0 amide bonds. The van der Waals surface area contributed by atoms with Crippen molar-refractivity contribution in [1.82, 2.24) is 4.98 Å². The molecule has 1 atom stereocenters. The van der Waals surface area contributed by atoms with Crippen LogP contribution in [-0.4, -0.2) is 24.2 Å². The molecule has 0 saturated heterocycles. The molecule has 0 fully saturated rings. The molecular weight excluding hydrogens is 152 g/mol. The predicted octanol–water partition coefficient (Wildman–Crippen LogP) is 1.20. The third-order valence-electron chi connectivity index (χ3n) is 1.76. The lowest BCUT2D eigenvalue weighted by Crippen LogP contribution is -2.12. The lowest BCUT2D eigenvalue weighted by molar-refractivity contribution is 0.199. The highest BCUT2D eigenvalue weighted by Gasteiger charge is 2.08. The van der Waals surface area contributed by atoms with Crippen molar-refractivity contribution in [3.05, 3.63) is 24.0 Å². The van der Waals surface area contributed by atoms with Crippen molar-refractivity contribution in [2.45, 2.75) is 13.0 Å². The van der Waals surface area contributed by atoms with Crippen molar-refractivity contribution in [3.63, 3.8) is 0 Å². The normalized spacial score (nSPS) is 12.7. The number of aliphatic hydroxyl groups is 1. The van der Waals surface area contributed by atoms with Crippen LogP contribution in [0.15, 0.2) is 18.5 Å². The van der Waals surface area contributed by atoms with Crippen LogP contribution in [0.25, 0.3) is 0 Å². The monoisotopic (exact) mass is 166 g/mol. The number of aliphatic hydroxyl groups excluding tert-OH is 1. The second-order valence-electron chi connectivity index (χ2n) is 3.00. The SMILES string of the molecule is C[C@H](O)c1cnccc1N(C)C. The lowest BCUT2D eigenvalue weighted by atomic mass is 10.1. The van der Waals surface area contributed by atoms with E-state index in [0.717, 1.165) is 11.3 Å². The molecule has 1 rings (SSSR count). The van der Waals surface area contributed by atoms with E-state index in [0.29, 0.717) is 0 Å².